The molecule has 2 aromatic heterocycles. The molecule has 10 heteroatoms. The number of amides is 1. The lowest BCUT2D eigenvalue weighted by atomic mass is 9.95. The fourth-order valence-corrected chi connectivity index (χ4v) is 5.72. The van der Waals surface area contributed by atoms with Crippen molar-refractivity contribution >= 4 is 40.0 Å². The smallest absolute Gasteiger partial charge is 0.341 e. The van der Waals surface area contributed by atoms with Crippen LogP contribution in [0.15, 0.2) is 35.7 Å². The van der Waals surface area contributed by atoms with Crippen molar-refractivity contribution in [1.82, 2.24) is 14.8 Å². The van der Waals surface area contributed by atoms with Gasteiger partial charge in [0.05, 0.1) is 30.2 Å². The van der Waals surface area contributed by atoms with Crippen molar-refractivity contribution in [1.29, 1.82) is 0 Å². The number of ether oxygens (including phenoxy) is 2. The summed E-state index contributed by atoms with van der Waals surface area (Å²) in [6.07, 6.45) is 5.27. The van der Waals surface area contributed by atoms with Crippen LogP contribution in [0.4, 0.5) is 5.00 Å². The number of anilines is 1. The molecule has 0 atom stereocenters. The number of benzene rings is 1. The zero-order valence-electron chi connectivity index (χ0n) is 18.8. The third-order valence-corrected chi connectivity index (χ3v) is 7.30. The van der Waals surface area contributed by atoms with Crippen LogP contribution in [0.5, 0.6) is 5.75 Å². The summed E-state index contributed by atoms with van der Waals surface area (Å²) >= 11 is 2.76. The summed E-state index contributed by atoms with van der Waals surface area (Å²) in [7, 11) is 1.61. The van der Waals surface area contributed by atoms with Crippen LogP contribution in [0, 0.1) is 0 Å². The van der Waals surface area contributed by atoms with Crippen LogP contribution in [0.3, 0.4) is 0 Å². The molecule has 0 bridgehead atoms. The molecule has 0 saturated carbocycles. The number of nitrogens with one attached hydrogen (secondary N) is 1. The molecule has 0 spiro atoms. The standard InChI is InChI=1S/C23H26N4O4S2/c1-14(2)31-22(29)20-17-9-4-5-10-18(17)33-21(20)25-19(28)12-32-23-26-24-13-27(23)15-7-6-8-16(11-15)30-3/h6-8,11,13-14H,4-5,9-10,12H2,1-3H3,(H,25,28). The van der Waals surface area contributed by atoms with E-state index in [2.05, 4.69) is 15.5 Å². The molecule has 174 valence electrons. The lowest BCUT2D eigenvalue weighted by Crippen LogP contribution is -2.19. The van der Waals surface area contributed by atoms with Crippen LogP contribution in [-0.2, 0) is 22.4 Å². The molecule has 0 unspecified atom stereocenters. The topological polar surface area (TPSA) is 95.3 Å². The minimum Gasteiger partial charge on any atom is -0.497 e. The molecule has 1 amide bonds. The first-order chi connectivity index (χ1) is 16.0. The van der Waals surface area contributed by atoms with E-state index >= 15 is 0 Å². The normalized spacial score (nSPS) is 13.0. The molecule has 3 aromatic rings. The Hall–Kier alpha value is -2.85. The first-order valence-electron chi connectivity index (χ1n) is 10.8. The quantitative estimate of drug-likeness (QED) is 0.370. The second-order valence-electron chi connectivity index (χ2n) is 7.89. The second kappa shape index (κ2) is 10.4. The molecule has 1 aromatic carbocycles. The minimum atomic E-state index is -0.370. The summed E-state index contributed by atoms with van der Waals surface area (Å²) in [4.78, 5) is 26.8. The van der Waals surface area contributed by atoms with Gasteiger partial charge in [-0.15, -0.1) is 21.5 Å². The van der Waals surface area contributed by atoms with Gasteiger partial charge < -0.3 is 14.8 Å². The number of carbonyl (C=O) groups is 2. The predicted molar refractivity (Wildman–Crippen MR) is 129 cm³/mol. The summed E-state index contributed by atoms with van der Waals surface area (Å²) in [6.45, 7) is 3.65. The third kappa shape index (κ3) is 5.39. The number of hydrogen-bond acceptors (Lipinski definition) is 8. The van der Waals surface area contributed by atoms with Crippen molar-refractivity contribution in [3.63, 3.8) is 0 Å². The van der Waals surface area contributed by atoms with Crippen molar-refractivity contribution in [3.8, 4) is 11.4 Å². The lowest BCUT2D eigenvalue weighted by molar-refractivity contribution is -0.113. The van der Waals surface area contributed by atoms with Gasteiger partial charge in [0.25, 0.3) is 0 Å². The Morgan fingerprint density at radius 1 is 1.27 bits per heavy atom. The predicted octanol–water partition coefficient (Wildman–Crippen LogP) is 4.51. The van der Waals surface area contributed by atoms with Crippen molar-refractivity contribution in [3.05, 3.63) is 46.6 Å². The Morgan fingerprint density at radius 3 is 2.88 bits per heavy atom. The molecule has 33 heavy (non-hydrogen) atoms. The number of rotatable bonds is 8. The highest BCUT2D eigenvalue weighted by Gasteiger charge is 2.28. The van der Waals surface area contributed by atoms with Gasteiger partial charge in [0.2, 0.25) is 5.91 Å². The molecule has 8 nitrogen and oxygen atoms in total. The average Bonchev–Trinajstić information content (AvgIpc) is 3.41. The lowest BCUT2D eigenvalue weighted by Gasteiger charge is -2.14. The van der Waals surface area contributed by atoms with Gasteiger partial charge in [-0.25, -0.2) is 4.79 Å². The summed E-state index contributed by atoms with van der Waals surface area (Å²) < 4.78 is 12.6. The number of methoxy groups -OCH3 is 1. The number of esters is 1. The monoisotopic (exact) mass is 486 g/mol. The van der Waals surface area contributed by atoms with Gasteiger partial charge in [0, 0.05) is 10.9 Å². The van der Waals surface area contributed by atoms with Gasteiger partial charge in [-0.3, -0.25) is 9.36 Å². The van der Waals surface area contributed by atoms with Crippen molar-refractivity contribution in [2.45, 2.75) is 50.8 Å². The van der Waals surface area contributed by atoms with E-state index < -0.39 is 0 Å². The Bertz CT molecular complexity index is 1160. The molecular weight excluding hydrogens is 460 g/mol. The Labute approximate surface area is 200 Å². The zero-order valence-corrected chi connectivity index (χ0v) is 20.4. The fourth-order valence-electron chi connectivity index (χ4n) is 3.70. The minimum absolute atomic E-state index is 0.129. The average molecular weight is 487 g/mol. The molecule has 1 aliphatic carbocycles. The summed E-state index contributed by atoms with van der Waals surface area (Å²) in [5.74, 6) is 0.268. The highest BCUT2D eigenvalue weighted by molar-refractivity contribution is 7.99. The largest absolute Gasteiger partial charge is 0.497 e. The first-order valence-corrected chi connectivity index (χ1v) is 12.6. The van der Waals surface area contributed by atoms with E-state index in [-0.39, 0.29) is 23.7 Å². The summed E-state index contributed by atoms with van der Waals surface area (Å²) in [5.41, 5.74) is 2.38. The summed E-state index contributed by atoms with van der Waals surface area (Å²) in [6, 6.07) is 7.53. The van der Waals surface area contributed by atoms with E-state index in [1.165, 1.54) is 23.1 Å². The summed E-state index contributed by atoms with van der Waals surface area (Å²) in [5, 5.41) is 12.2. The zero-order chi connectivity index (χ0) is 23.4. The Kier molecular flexibility index (Phi) is 7.34. The van der Waals surface area contributed by atoms with Crippen LogP contribution < -0.4 is 10.1 Å². The number of thiophene rings is 1. The van der Waals surface area contributed by atoms with Crippen LogP contribution in [0.25, 0.3) is 5.69 Å². The maximum Gasteiger partial charge on any atom is 0.341 e. The van der Waals surface area contributed by atoms with Gasteiger partial charge >= 0.3 is 5.97 Å². The highest BCUT2D eigenvalue weighted by atomic mass is 32.2. The van der Waals surface area contributed by atoms with Crippen molar-refractivity contribution in [2.24, 2.45) is 0 Å². The molecule has 2 heterocycles. The van der Waals surface area contributed by atoms with Crippen LogP contribution >= 0.6 is 23.1 Å². The van der Waals surface area contributed by atoms with Gasteiger partial charge in [-0.05, 0) is 57.2 Å². The number of hydrogen-bond donors (Lipinski definition) is 1. The third-order valence-electron chi connectivity index (χ3n) is 5.15. The molecule has 4 rings (SSSR count). The van der Waals surface area contributed by atoms with E-state index in [1.54, 1.807) is 18.0 Å². The van der Waals surface area contributed by atoms with Gasteiger partial charge in [0.15, 0.2) is 5.16 Å². The van der Waals surface area contributed by atoms with Gasteiger partial charge in [-0.1, -0.05) is 17.8 Å². The van der Waals surface area contributed by atoms with E-state index in [0.717, 1.165) is 47.6 Å². The molecule has 1 N–H and O–H groups in total. The van der Waals surface area contributed by atoms with Crippen LogP contribution in [0.1, 0.15) is 47.5 Å². The van der Waals surface area contributed by atoms with E-state index in [0.29, 0.717) is 15.7 Å². The van der Waals surface area contributed by atoms with Gasteiger partial charge in [0.1, 0.15) is 17.1 Å². The highest BCUT2D eigenvalue weighted by Crippen LogP contribution is 2.39. The fraction of sp³-hybridized carbons (Fsp3) is 0.391. The van der Waals surface area contributed by atoms with Crippen LogP contribution in [0.2, 0.25) is 0 Å². The van der Waals surface area contributed by atoms with E-state index in [9.17, 15) is 9.59 Å². The number of aryl methyl sites for hydroxylation is 1. The van der Waals surface area contributed by atoms with Gasteiger partial charge in [-0.2, -0.15) is 0 Å². The maximum absolute atomic E-state index is 12.8. The van der Waals surface area contributed by atoms with E-state index in [1.807, 2.05) is 38.1 Å². The Balaban J connectivity index is 1.48. The second-order valence-corrected chi connectivity index (χ2v) is 9.94. The Morgan fingerprint density at radius 2 is 2.09 bits per heavy atom. The maximum atomic E-state index is 12.8. The van der Waals surface area contributed by atoms with E-state index in [4.69, 9.17) is 9.47 Å². The van der Waals surface area contributed by atoms with Crippen molar-refractivity contribution in [2.75, 3.05) is 18.2 Å². The number of fused-ring (bicyclic) bond motifs is 1. The molecule has 0 radical (unpaired) electrons. The molecule has 0 fully saturated rings. The van der Waals surface area contributed by atoms with Crippen LogP contribution in [-0.4, -0.2) is 45.6 Å². The number of nitrogens with zero attached hydrogens (tertiary/aromatic N) is 3. The first kappa shape index (κ1) is 23.3. The molecule has 0 aliphatic heterocycles. The van der Waals surface area contributed by atoms with Crippen molar-refractivity contribution < 1.29 is 19.1 Å². The number of thioether (sulfide) groups is 1. The SMILES string of the molecule is COc1cccc(-n2cnnc2SCC(=O)Nc2sc3c(c2C(=O)OC(C)C)CCCC3)c1. The molecular formula is C23H26N4O4S2. The number of carbonyl (C=O) groups excluding carboxylic acids is 2. The number of aromatic nitrogens is 3. The molecule has 1 aliphatic rings. The molecule has 0 saturated heterocycles.